The standard InChI is InChI=1S/2C28H30O4.H2O/c2*1-4-10-25(11-5-1)16-17-28(24-30-21-23-31-27-14-8-3-9-15-27)32-22-20-29-19-18-26-12-6-2-7-13-26;/h2*1-19,28H,20-24H2;1H2. The molecule has 6 rings (SSSR count). The summed E-state index contributed by atoms with van der Waals surface area (Å²) in [5.74, 6) is 1.68. The van der Waals surface area contributed by atoms with Crippen LogP contribution < -0.4 is 9.47 Å². The Balaban J connectivity index is 0.000000280. The molecule has 0 fully saturated rings. The van der Waals surface area contributed by atoms with Crippen LogP contribution in [0.25, 0.3) is 24.3 Å². The highest BCUT2D eigenvalue weighted by Gasteiger charge is 2.08. The van der Waals surface area contributed by atoms with E-state index in [1.807, 2.05) is 194 Å². The molecule has 0 aliphatic rings. The van der Waals surface area contributed by atoms with Gasteiger partial charge in [0.15, 0.2) is 0 Å². The van der Waals surface area contributed by atoms with Crippen molar-refractivity contribution in [1.29, 1.82) is 0 Å². The highest BCUT2D eigenvalue weighted by Crippen LogP contribution is 2.11. The van der Waals surface area contributed by atoms with E-state index in [0.717, 1.165) is 33.8 Å². The summed E-state index contributed by atoms with van der Waals surface area (Å²) in [6.07, 6.45) is 15.1. The minimum atomic E-state index is -0.173. The van der Waals surface area contributed by atoms with Gasteiger partial charge in [0.05, 0.1) is 64.4 Å². The third kappa shape index (κ3) is 24.1. The summed E-state index contributed by atoms with van der Waals surface area (Å²) < 4.78 is 46.0. The molecule has 0 heterocycles. The first-order chi connectivity index (χ1) is 31.8. The predicted octanol–water partition coefficient (Wildman–Crippen LogP) is 10.9. The predicted molar refractivity (Wildman–Crippen MR) is 262 cm³/mol. The van der Waals surface area contributed by atoms with Gasteiger partial charge in [-0.3, -0.25) is 0 Å². The van der Waals surface area contributed by atoms with Crippen molar-refractivity contribution in [2.45, 2.75) is 12.2 Å². The van der Waals surface area contributed by atoms with Crippen LogP contribution in [0.5, 0.6) is 11.5 Å². The molecule has 340 valence electrons. The number of benzene rings is 6. The molecule has 6 aromatic rings. The Kier molecular flexibility index (Phi) is 26.5. The molecule has 2 unspecified atom stereocenters. The van der Waals surface area contributed by atoms with Crippen molar-refractivity contribution in [3.05, 3.63) is 229 Å². The smallest absolute Gasteiger partial charge is 0.119 e. The molecule has 9 nitrogen and oxygen atoms in total. The molecular weight excluding hydrogens is 817 g/mol. The zero-order chi connectivity index (χ0) is 44.2. The summed E-state index contributed by atoms with van der Waals surface area (Å²) in [5.41, 5.74) is 4.44. The van der Waals surface area contributed by atoms with Crippen molar-refractivity contribution < 1.29 is 43.4 Å². The van der Waals surface area contributed by atoms with Gasteiger partial charge >= 0.3 is 0 Å². The summed E-state index contributed by atoms with van der Waals surface area (Å²) in [5, 5.41) is 0. The van der Waals surface area contributed by atoms with E-state index in [2.05, 4.69) is 24.3 Å². The SMILES string of the molecule is C(=Cc1ccccc1)OCCOC(C=Cc1ccccc1)COCCOc1ccccc1.C(=Cc1ccccc1)OCCOC(C=Cc1ccccc1)COCCOc1ccccc1.O. The molecule has 0 saturated heterocycles. The van der Waals surface area contributed by atoms with Crippen molar-refractivity contribution in [1.82, 2.24) is 0 Å². The first kappa shape index (κ1) is 50.9. The number of para-hydroxylation sites is 2. The van der Waals surface area contributed by atoms with Crippen LogP contribution in [0.4, 0.5) is 0 Å². The van der Waals surface area contributed by atoms with E-state index in [-0.39, 0.29) is 17.7 Å². The minimum absolute atomic E-state index is 0. The number of hydrogen-bond donors (Lipinski definition) is 0. The largest absolute Gasteiger partial charge is 0.499 e. The molecule has 9 heteroatoms. The quantitative estimate of drug-likeness (QED) is 0.0354. The van der Waals surface area contributed by atoms with E-state index >= 15 is 0 Å². The van der Waals surface area contributed by atoms with Crippen molar-refractivity contribution in [2.24, 2.45) is 0 Å². The lowest BCUT2D eigenvalue weighted by molar-refractivity contribution is -0.0111. The summed E-state index contributed by atoms with van der Waals surface area (Å²) in [6, 6.07) is 59.8. The second-order valence-electron chi connectivity index (χ2n) is 14.0. The summed E-state index contributed by atoms with van der Waals surface area (Å²) in [4.78, 5) is 0. The molecule has 65 heavy (non-hydrogen) atoms. The Morgan fingerprint density at radius 3 is 0.969 bits per heavy atom. The molecule has 0 aliphatic carbocycles. The Hall–Kier alpha value is -6.72. The first-order valence-corrected chi connectivity index (χ1v) is 21.7. The zero-order valence-electron chi connectivity index (χ0n) is 36.9. The molecule has 0 spiro atoms. The van der Waals surface area contributed by atoms with Gasteiger partial charge in [-0.25, -0.2) is 0 Å². The van der Waals surface area contributed by atoms with Gasteiger partial charge in [-0.2, -0.15) is 0 Å². The monoisotopic (exact) mass is 878 g/mol. The lowest BCUT2D eigenvalue weighted by Crippen LogP contribution is -2.21. The molecule has 2 atom stereocenters. The van der Waals surface area contributed by atoms with Gasteiger partial charge in [-0.05, 0) is 58.7 Å². The average Bonchev–Trinajstić information content (AvgIpc) is 3.36. The van der Waals surface area contributed by atoms with Crippen LogP contribution in [-0.2, 0) is 28.4 Å². The van der Waals surface area contributed by atoms with Crippen LogP contribution >= 0.6 is 0 Å². The van der Waals surface area contributed by atoms with Gasteiger partial charge in [-0.15, -0.1) is 0 Å². The van der Waals surface area contributed by atoms with Crippen molar-refractivity contribution in [2.75, 3.05) is 66.1 Å². The minimum Gasteiger partial charge on any atom is -0.499 e. The zero-order valence-corrected chi connectivity index (χ0v) is 36.9. The molecule has 0 radical (unpaired) electrons. The number of ether oxygens (including phenoxy) is 8. The molecule has 0 amide bonds. The fraction of sp³-hybridized carbons (Fsp3) is 0.214. The molecule has 0 aliphatic heterocycles. The van der Waals surface area contributed by atoms with E-state index < -0.39 is 0 Å². The summed E-state index contributed by atoms with van der Waals surface area (Å²) >= 11 is 0. The third-order valence-electron chi connectivity index (χ3n) is 9.03. The molecule has 0 bridgehead atoms. The van der Waals surface area contributed by atoms with E-state index in [1.165, 1.54) is 0 Å². The van der Waals surface area contributed by atoms with E-state index in [9.17, 15) is 0 Å². The van der Waals surface area contributed by atoms with Crippen molar-refractivity contribution in [3.8, 4) is 11.5 Å². The normalized spacial score (nSPS) is 12.1. The maximum Gasteiger partial charge on any atom is 0.119 e. The van der Waals surface area contributed by atoms with Crippen molar-refractivity contribution >= 4 is 24.3 Å². The van der Waals surface area contributed by atoms with Gasteiger partial charge in [0.1, 0.15) is 37.9 Å². The van der Waals surface area contributed by atoms with Gasteiger partial charge in [0, 0.05) is 0 Å². The fourth-order valence-electron chi connectivity index (χ4n) is 5.77. The lowest BCUT2D eigenvalue weighted by Gasteiger charge is -2.15. The fourth-order valence-corrected chi connectivity index (χ4v) is 5.77. The highest BCUT2D eigenvalue weighted by molar-refractivity contribution is 5.50. The third-order valence-corrected chi connectivity index (χ3v) is 9.03. The van der Waals surface area contributed by atoms with Crippen LogP contribution in [0.15, 0.2) is 207 Å². The topological polar surface area (TPSA) is 105 Å². The van der Waals surface area contributed by atoms with Crippen LogP contribution in [0, 0.1) is 0 Å². The van der Waals surface area contributed by atoms with Crippen LogP contribution in [0.1, 0.15) is 22.3 Å². The number of hydrogen-bond acceptors (Lipinski definition) is 8. The summed E-state index contributed by atoms with van der Waals surface area (Å²) in [6.45, 7) is 4.72. The van der Waals surface area contributed by atoms with E-state index in [1.54, 1.807) is 12.5 Å². The maximum absolute atomic E-state index is 5.97. The van der Waals surface area contributed by atoms with Crippen LogP contribution in [0.3, 0.4) is 0 Å². The molecule has 0 saturated carbocycles. The maximum atomic E-state index is 5.97. The van der Waals surface area contributed by atoms with Gasteiger partial charge in [0.2, 0.25) is 0 Å². The number of rotatable bonds is 28. The van der Waals surface area contributed by atoms with Gasteiger partial charge < -0.3 is 43.4 Å². The van der Waals surface area contributed by atoms with Gasteiger partial charge in [-0.1, -0.05) is 182 Å². The van der Waals surface area contributed by atoms with Crippen molar-refractivity contribution in [3.63, 3.8) is 0 Å². The second kappa shape index (κ2) is 33.8. The summed E-state index contributed by atoms with van der Waals surface area (Å²) in [7, 11) is 0. The lowest BCUT2D eigenvalue weighted by atomic mass is 10.2. The molecule has 6 aromatic carbocycles. The average molecular weight is 879 g/mol. The highest BCUT2D eigenvalue weighted by atomic mass is 16.6. The Bertz CT molecular complexity index is 1980. The Morgan fingerprint density at radius 2 is 0.631 bits per heavy atom. The molecule has 2 N–H and O–H groups in total. The van der Waals surface area contributed by atoms with Crippen LogP contribution in [-0.4, -0.2) is 83.8 Å². The Labute approximate surface area is 385 Å². The Morgan fingerprint density at radius 1 is 0.323 bits per heavy atom. The first-order valence-electron chi connectivity index (χ1n) is 21.7. The molecule has 0 aromatic heterocycles. The second-order valence-corrected chi connectivity index (χ2v) is 14.0. The molecular formula is C56H62O9. The van der Waals surface area contributed by atoms with E-state index in [0.29, 0.717) is 66.1 Å². The van der Waals surface area contributed by atoms with Crippen LogP contribution in [0.2, 0.25) is 0 Å². The van der Waals surface area contributed by atoms with Gasteiger partial charge in [0.25, 0.3) is 0 Å². The van der Waals surface area contributed by atoms with E-state index in [4.69, 9.17) is 37.9 Å².